The van der Waals surface area contributed by atoms with Crippen molar-refractivity contribution in [2.24, 2.45) is 0 Å². The summed E-state index contributed by atoms with van der Waals surface area (Å²) in [7, 11) is 0. The molecule has 4 heteroatoms. The molecular formula is C10H22N2O2. The lowest BCUT2D eigenvalue weighted by molar-refractivity contribution is 0.145. The molecule has 0 aromatic rings. The second-order valence-corrected chi connectivity index (χ2v) is 3.25. The van der Waals surface area contributed by atoms with E-state index in [1.807, 2.05) is 6.92 Å². The SMILES string of the molecule is CCOC(=O)NC(C)CN(CC)CC. The maximum atomic E-state index is 11.1. The first kappa shape index (κ1) is 13.2. The van der Waals surface area contributed by atoms with Gasteiger partial charge in [-0.25, -0.2) is 4.79 Å². The van der Waals surface area contributed by atoms with Gasteiger partial charge >= 0.3 is 6.09 Å². The third-order valence-corrected chi connectivity index (χ3v) is 2.07. The van der Waals surface area contributed by atoms with Crippen molar-refractivity contribution in [2.45, 2.75) is 33.7 Å². The van der Waals surface area contributed by atoms with Gasteiger partial charge in [0.15, 0.2) is 0 Å². The van der Waals surface area contributed by atoms with Crippen LogP contribution in [-0.4, -0.2) is 43.3 Å². The highest BCUT2D eigenvalue weighted by atomic mass is 16.5. The van der Waals surface area contributed by atoms with Crippen LogP contribution >= 0.6 is 0 Å². The number of hydrogen-bond acceptors (Lipinski definition) is 3. The van der Waals surface area contributed by atoms with Gasteiger partial charge in [-0.3, -0.25) is 0 Å². The van der Waals surface area contributed by atoms with Crippen LogP contribution in [0.2, 0.25) is 0 Å². The molecule has 0 aliphatic rings. The first-order valence-corrected chi connectivity index (χ1v) is 5.29. The van der Waals surface area contributed by atoms with Crippen LogP contribution in [0, 0.1) is 0 Å². The van der Waals surface area contributed by atoms with E-state index < -0.39 is 0 Å². The predicted molar refractivity (Wildman–Crippen MR) is 57.4 cm³/mol. The molecule has 1 N–H and O–H groups in total. The minimum atomic E-state index is -0.327. The summed E-state index contributed by atoms with van der Waals surface area (Å²) in [5.74, 6) is 0. The molecule has 1 amide bonds. The molecule has 0 rings (SSSR count). The molecule has 0 spiro atoms. The largest absolute Gasteiger partial charge is 0.450 e. The Hall–Kier alpha value is -0.770. The fourth-order valence-electron chi connectivity index (χ4n) is 1.29. The second-order valence-electron chi connectivity index (χ2n) is 3.25. The van der Waals surface area contributed by atoms with Crippen LogP contribution < -0.4 is 5.32 Å². The topological polar surface area (TPSA) is 41.6 Å². The number of nitrogens with zero attached hydrogens (tertiary/aromatic N) is 1. The van der Waals surface area contributed by atoms with E-state index in [1.54, 1.807) is 6.92 Å². The molecule has 0 aromatic carbocycles. The second kappa shape index (κ2) is 7.62. The Labute approximate surface area is 86.6 Å². The van der Waals surface area contributed by atoms with Crippen molar-refractivity contribution in [2.75, 3.05) is 26.2 Å². The van der Waals surface area contributed by atoms with Gasteiger partial charge in [-0.1, -0.05) is 13.8 Å². The van der Waals surface area contributed by atoms with Gasteiger partial charge in [-0.15, -0.1) is 0 Å². The van der Waals surface area contributed by atoms with Gasteiger partial charge in [0.05, 0.1) is 6.61 Å². The van der Waals surface area contributed by atoms with Gasteiger partial charge in [-0.2, -0.15) is 0 Å². The highest BCUT2D eigenvalue weighted by molar-refractivity contribution is 5.67. The Balaban J connectivity index is 3.72. The molecule has 0 aliphatic carbocycles. The minimum absolute atomic E-state index is 0.133. The van der Waals surface area contributed by atoms with Gasteiger partial charge in [0.25, 0.3) is 0 Å². The van der Waals surface area contributed by atoms with Crippen molar-refractivity contribution < 1.29 is 9.53 Å². The summed E-state index contributed by atoms with van der Waals surface area (Å²) in [5, 5.41) is 2.78. The first-order chi connectivity index (χ1) is 6.63. The lowest BCUT2D eigenvalue weighted by Gasteiger charge is -2.22. The molecule has 0 saturated heterocycles. The number of hydrogen-bond donors (Lipinski definition) is 1. The summed E-state index contributed by atoms with van der Waals surface area (Å²) < 4.78 is 4.79. The average molecular weight is 202 g/mol. The molecule has 0 fully saturated rings. The summed E-state index contributed by atoms with van der Waals surface area (Å²) in [4.78, 5) is 13.3. The zero-order valence-corrected chi connectivity index (χ0v) is 9.67. The van der Waals surface area contributed by atoms with Gasteiger partial charge in [0.2, 0.25) is 0 Å². The summed E-state index contributed by atoms with van der Waals surface area (Å²) in [6.45, 7) is 11.3. The highest BCUT2D eigenvalue weighted by Crippen LogP contribution is 1.92. The van der Waals surface area contributed by atoms with E-state index in [0.29, 0.717) is 6.61 Å². The fraction of sp³-hybridized carbons (Fsp3) is 0.900. The maximum Gasteiger partial charge on any atom is 0.407 e. The van der Waals surface area contributed by atoms with E-state index in [9.17, 15) is 4.79 Å². The Morgan fingerprint density at radius 3 is 2.36 bits per heavy atom. The third kappa shape index (κ3) is 5.80. The molecule has 84 valence electrons. The molecule has 0 radical (unpaired) electrons. The Morgan fingerprint density at radius 1 is 1.36 bits per heavy atom. The summed E-state index contributed by atoms with van der Waals surface area (Å²) in [5.41, 5.74) is 0. The van der Waals surface area contributed by atoms with Gasteiger partial charge in [-0.05, 0) is 26.9 Å². The van der Waals surface area contributed by atoms with Crippen LogP contribution in [-0.2, 0) is 4.74 Å². The van der Waals surface area contributed by atoms with E-state index in [1.165, 1.54) is 0 Å². The monoisotopic (exact) mass is 202 g/mol. The highest BCUT2D eigenvalue weighted by Gasteiger charge is 2.10. The van der Waals surface area contributed by atoms with Gasteiger partial charge in [0, 0.05) is 12.6 Å². The average Bonchev–Trinajstić information content (AvgIpc) is 2.14. The lowest BCUT2D eigenvalue weighted by atomic mass is 10.3. The van der Waals surface area contributed by atoms with E-state index >= 15 is 0 Å². The number of rotatable bonds is 6. The Morgan fingerprint density at radius 2 is 1.93 bits per heavy atom. The van der Waals surface area contributed by atoms with Crippen molar-refractivity contribution >= 4 is 6.09 Å². The molecular weight excluding hydrogens is 180 g/mol. The van der Waals surface area contributed by atoms with E-state index in [-0.39, 0.29) is 12.1 Å². The normalized spacial score (nSPS) is 12.6. The number of alkyl carbamates (subject to hydrolysis) is 1. The number of amides is 1. The van der Waals surface area contributed by atoms with Crippen LogP contribution in [0.5, 0.6) is 0 Å². The smallest absolute Gasteiger partial charge is 0.407 e. The third-order valence-electron chi connectivity index (χ3n) is 2.07. The number of likely N-dealkylation sites (N-methyl/N-ethyl adjacent to an activating group) is 1. The molecule has 0 aromatic heterocycles. The van der Waals surface area contributed by atoms with Crippen LogP contribution in [0.1, 0.15) is 27.7 Å². The molecule has 0 heterocycles. The zero-order chi connectivity index (χ0) is 11.0. The zero-order valence-electron chi connectivity index (χ0n) is 9.67. The quantitative estimate of drug-likeness (QED) is 0.709. The van der Waals surface area contributed by atoms with Crippen molar-refractivity contribution in [3.8, 4) is 0 Å². The van der Waals surface area contributed by atoms with Crippen molar-refractivity contribution in [3.63, 3.8) is 0 Å². The summed E-state index contributed by atoms with van der Waals surface area (Å²) in [6.07, 6.45) is -0.327. The lowest BCUT2D eigenvalue weighted by Crippen LogP contribution is -2.42. The molecule has 0 saturated carbocycles. The summed E-state index contributed by atoms with van der Waals surface area (Å²) in [6, 6.07) is 0.133. The standard InChI is InChI=1S/C10H22N2O2/c1-5-12(6-2)8-9(4)11-10(13)14-7-3/h9H,5-8H2,1-4H3,(H,11,13). The Bertz CT molecular complexity index is 158. The molecule has 1 atom stereocenters. The van der Waals surface area contributed by atoms with Crippen molar-refractivity contribution in [3.05, 3.63) is 0 Å². The Kier molecular flexibility index (Phi) is 7.20. The fourth-order valence-corrected chi connectivity index (χ4v) is 1.29. The number of nitrogens with one attached hydrogen (secondary N) is 1. The van der Waals surface area contributed by atoms with Crippen molar-refractivity contribution in [1.29, 1.82) is 0 Å². The van der Waals surface area contributed by atoms with Crippen LogP contribution in [0.3, 0.4) is 0 Å². The number of carbonyl (C=O) groups excluding carboxylic acids is 1. The van der Waals surface area contributed by atoms with E-state index in [2.05, 4.69) is 24.1 Å². The first-order valence-electron chi connectivity index (χ1n) is 5.29. The minimum Gasteiger partial charge on any atom is -0.450 e. The summed E-state index contributed by atoms with van der Waals surface area (Å²) >= 11 is 0. The molecule has 0 bridgehead atoms. The van der Waals surface area contributed by atoms with Crippen LogP contribution in [0.25, 0.3) is 0 Å². The molecule has 1 unspecified atom stereocenters. The van der Waals surface area contributed by atoms with Crippen LogP contribution in [0.4, 0.5) is 4.79 Å². The predicted octanol–water partition coefficient (Wildman–Crippen LogP) is 1.46. The maximum absolute atomic E-state index is 11.1. The number of ether oxygens (including phenoxy) is 1. The molecule has 0 aliphatic heterocycles. The van der Waals surface area contributed by atoms with Gasteiger partial charge in [0.1, 0.15) is 0 Å². The van der Waals surface area contributed by atoms with Crippen LogP contribution in [0.15, 0.2) is 0 Å². The number of carbonyl (C=O) groups is 1. The van der Waals surface area contributed by atoms with Crippen molar-refractivity contribution in [1.82, 2.24) is 10.2 Å². The molecule has 14 heavy (non-hydrogen) atoms. The van der Waals surface area contributed by atoms with E-state index in [4.69, 9.17) is 4.74 Å². The van der Waals surface area contributed by atoms with E-state index in [0.717, 1.165) is 19.6 Å². The van der Waals surface area contributed by atoms with Gasteiger partial charge < -0.3 is 15.0 Å². The molecule has 4 nitrogen and oxygen atoms in total.